The zero-order valence-corrected chi connectivity index (χ0v) is 17.5. The minimum absolute atomic E-state index is 0.161. The fourth-order valence-corrected chi connectivity index (χ4v) is 4.29. The van der Waals surface area contributed by atoms with Crippen molar-refractivity contribution in [3.8, 4) is 10.4 Å². The van der Waals surface area contributed by atoms with Gasteiger partial charge in [-0.15, -0.1) is 11.3 Å². The summed E-state index contributed by atoms with van der Waals surface area (Å²) >= 11 is 1.30. The maximum atomic E-state index is 13.1. The highest BCUT2D eigenvalue weighted by molar-refractivity contribution is 7.20. The molecule has 0 aliphatic heterocycles. The Labute approximate surface area is 178 Å². The van der Waals surface area contributed by atoms with E-state index in [1.807, 2.05) is 62.4 Å². The highest BCUT2D eigenvalue weighted by Crippen LogP contribution is 2.40. The first-order valence-corrected chi connectivity index (χ1v) is 10.2. The molecule has 7 heteroatoms. The standard InChI is InChI=1S/C23H22N2O4S/c1-14-7-6-10-17(13-14)24-22(29)20-15(2)21(16-8-4-3-5-9-16)30-23(20)25-18(26)11-12-19(27)28/h3-10,13H,11-12H2,1-2H3,(H,24,29)(H,25,26)(H,27,28). The van der Waals surface area contributed by atoms with Crippen LogP contribution < -0.4 is 10.6 Å². The molecule has 0 aliphatic carbocycles. The normalized spacial score (nSPS) is 10.5. The minimum Gasteiger partial charge on any atom is -0.481 e. The lowest BCUT2D eigenvalue weighted by Gasteiger charge is -2.09. The van der Waals surface area contributed by atoms with Crippen LogP contribution in [0.25, 0.3) is 10.4 Å². The van der Waals surface area contributed by atoms with E-state index in [1.54, 1.807) is 6.07 Å². The molecule has 0 saturated heterocycles. The van der Waals surface area contributed by atoms with Crippen molar-refractivity contribution in [2.24, 2.45) is 0 Å². The molecule has 30 heavy (non-hydrogen) atoms. The molecule has 0 spiro atoms. The van der Waals surface area contributed by atoms with Gasteiger partial charge in [-0.25, -0.2) is 0 Å². The summed E-state index contributed by atoms with van der Waals surface area (Å²) in [5.41, 5.74) is 3.75. The summed E-state index contributed by atoms with van der Waals surface area (Å²) in [5, 5.41) is 14.8. The molecule has 1 heterocycles. The quantitative estimate of drug-likeness (QED) is 0.494. The molecule has 3 N–H and O–H groups in total. The predicted octanol–water partition coefficient (Wildman–Crippen LogP) is 5.09. The fraction of sp³-hybridized carbons (Fsp3) is 0.174. The number of anilines is 2. The Morgan fingerprint density at radius 3 is 2.33 bits per heavy atom. The molecule has 3 aromatic rings. The number of aliphatic carboxylic acids is 1. The average molecular weight is 423 g/mol. The van der Waals surface area contributed by atoms with Crippen LogP contribution in [0, 0.1) is 13.8 Å². The molecule has 0 radical (unpaired) electrons. The van der Waals surface area contributed by atoms with Gasteiger partial charge in [0.1, 0.15) is 5.00 Å². The van der Waals surface area contributed by atoms with Gasteiger partial charge in [0, 0.05) is 17.0 Å². The summed E-state index contributed by atoms with van der Waals surface area (Å²) < 4.78 is 0. The van der Waals surface area contributed by atoms with Gasteiger partial charge in [0.15, 0.2) is 0 Å². The number of rotatable bonds is 7. The Morgan fingerprint density at radius 1 is 0.933 bits per heavy atom. The Morgan fingerprint density at radius 2 is 1.67 bits per heavy atom. The van der Waals surface area contributed by atoms with Gasteiger partial charge < -0.3 is 15.7 Å². The van der Waals surface area contributed by atoms with Crippen molar-refractivity contribution in [2.75, 3.05) is 10.6 Å². The molecule has 2 amide bonds. The number of benzene rings is 2. The number of carboxylic acids is 1. The van der Waals surface area contributed by atoms with E-state index in [2.05, 4.69) is 10.6 Å². The highest BCUT2D eigenvalue weighted by Gasteiger charge is 2.23. The van der Waals surface area contributed by atoms with Crippen LogP contribution in [0.1, 0.15) is 34.3 Å². The molecule has 0 aliphatic rings. The smallest absolute Gasteiger partial charge is 0.303 e. The van der Waals surface area contributed by atoms with E-state index in [9.17, 15) is 14.4 Å². The first kappa shape index (κ1) is 21.3. The van der Waals surface area contributed by atoms with Crippen LogP contribution in [0.4, 0.5) is 10.7 Å². The second kappa shape index (κ2) is 9.37. The summed E-state index contributed by atoms with van der Waals surface area (Å²) in [5.74, 6) is -1.82. The molecule has 0 unspecified atom stereocenters. The fourth-order valence-electron chi connectivity index (χ4n) is 3.07. The van der Waals surface area contributed by atoms with Crippen molar-refractivity contribution < 1.29 is 19.5 Å². The van der Waals surface area contributed by atoms with E-state index in [1.165, 1.54) is 11.3 Å². The third-order valence-corrected chi connectivity index (χ3v) is 5.76. The van der Waals surface area contributed by atoms with E-state index < -0.39 is 11.9 Å². The van der Waals surface area contributed by atoms with Crippen LogP contribution in [-0.4, -0.2) is 22.9 Å². The monoisotopic (exact) mass is 422 g/mol. The molecule has 1 aromatic heterocycles. The zero-order valence-electron chi connectivity index (χ0n) is 16.7. The lowest BCUT2D eigenvalue weighted by Crippen LogP contribution is -2.18. The first-order chi connectivity index (χ1) is 14.3. The number of carboxylic acid groups (broad SMARTS) is 1. The third-order valence-electron chi connectivity index (χ3n) is 4.50. The van der Waals surface area contributed by atoms with Crippen LogP contribution in [0.2, 0.25) is 0 Å². The Bertz CT molecular complexity index is 1090. The van der Waals surface area contributed by atoms with Crippen LogP contribution in [0.3, 0.4) is 0 Å². The minimum atomic E-state index is -1.05. The molecule has 154 valence electrons. The summed E-state index contributed by atoms with van der Waals surface area (Å²) in [4.78, 5) is 37.0. The predicted molar refractivity (Wildman–Crippen MR) is 119 cm³/mol. The molecular weight excluding hydrogens is 400 g/mol. The van der Waals surface area contributed by atoms with E-state index >= 15 is 0 Å². The van der Waals surface area contributed by atoms with Crippen LogP contribution in [0.15, 0.2) is 54.6 Å². The topological polar surface area (TPSA) is 95.5 Å². The van der Waals surface area contributed by atoms with E-state index in [-0.39, 0.29) is 18.7 Å². The number of carbonyl (C=O) groups excluding carboxylic acids is 2. The number of nitrogens with one attached hydrogen (secondary N) is 2. The first-order valence-electron chi connectivity index (χ1n) is 9.43. The van der Waals surface area contributed by atoms with Gasteiger partial charge in [-0.05, 0) is 42.7 Å². The molecule has 6 nitrogen and oxygen atoms in total. The van der Waals surface area contributed by atoms with Crippen molar-refractivity contribution in [3.63, 3.8) is 0 Å². The number of carbonyl (C=O) groups is 3. The van der Waals surface area contributed by atoms with Gasteiger partial charge in [-0.1, -0.05) is 42.5 Å². The second-order valence-corrected chi connectivity index (χ2v) is 7.91. The van der Waals surface area contributed by atoms with Gasteiger partial charge in [0.05, 0.1) is 12.0 Å². The van der Waals surface area contributed by atoms with Gasteiger partial charge in [0.2, 0.25) is 5.91 Å². The van der Waals surface area contributed by atoms with Crippen LogP contribution in [-0.2, 0) is 9.59 Å². The van der Waals surface area contributed by atoms with E-state index in [4.69, 9.17) is 5.11 Å². The van der Waals surface area contributed by atoms with Gasteiger partial charge in [-0.3, -0.25) is 14.4 Å². The molecule has 0 atom stereocenters. The summed E-state index contributed by atoms with van der Waals surface area (Å²) in [7, 11) is 0. The number of amides is 2. The van der Waals surface area contributed by atoms with Crippen molar-refractivity contribution in [1.29, 1.82) is 0 Å². The summed E-state index contributed by atoms with van der Waals surface area (Å²) in [6.45, 7) is 3.78. The second-order valence-electron chi connectivity index (χ2n) is 6.89. The number of aryl methyl sites for hydroxylation is 1. The largest absolute Gasteiger partial charge is 0.481 e. The maximum absolute atomic E-state index is 13.1. The third kappa shape index (κ3) is 5.12. The number of thiophene rings is 1. The van der Waals surface area contributed by atoms with Crippen molar-refractivity contribution in [2.45, 2.75) is 26.7 Å². The lowest BCUT2D eigenvalue weighted by molar-refractivity contribution is -0.138. The Kier molecular flexibility index (Phi) is 6.64. The highest BCUT2D eigenvalue weighted by atomic mass is 32.1. The SMILES string of the molecule is Cc1cccc(NC(=O)c2c(NC(=O)CCC(=O)O)sc(-c3ccccc3)c2C)c1. The molecule has 2 aromatic carbocycles. The van der Waals surface area contributed by atoms with Gasteiger partial charge in [0.25, 0.3) is 5.91 Å². The molecular formula is C23H22N2O4S. The molecule has 0 fully saturated rings. The van der Waals surface area contributed by atoms with Gasteiger partial charge in [-0.2, -0.15) is 0 Å². The van der Waals surface area contributed by atoms with Crippen molar-refractivity contribution in [3.05, 3.63) is 71.3 Å². The average Bonchev–Trinajstić information content (AvgIpc) is 3.03. The molecule has 0 bridgehead atoms. The molecule has 3 rings (SSSR count). The number of hydrogen-bond acceptors (Lipinski definition) is 4. The van der Waals surface area contributed by atoms with Crippen LogP contribution >= 0.6 is 11.3 Å². The Hall–Kier alpha value is -3.45. The Balaban J connectivity index is 1.96. The summed E-state index contributed by atoms with van der Waals surface area (Å²) in [6, 6.07) is 17.1. The van der Waals surface area contributed by atoms with Gasteiger partial charge >= 0.3 is 5.97 Å². The summed E-state index contributed by atoms with van der Waals surface area (Å²) in [6.07, 6.45) is -0.432. The molecule has 0 saturated carbocycles. The van der Waals surface area contributed by atoms with Crippen molar-refractivity contribution >= 4 is 39.8 Å². The maximum Gasteiger partial charge on any atom is 0.303 e. The van der Waals surface area contributed by atoms with Crippen molar-refractivity contribution in [1.82, 2.24) is 0 Å². The van der Waals surface area contributed by atoms with E-state index in [0.29, 0.717) is 16.3 Å². The lowest BCUT2D eigenvalue weighted by atomic mass is 10.1. The van der Waals surface area contributed by atoms with E-state index in [0.717, 1.165) is 21.6 Å². The van der Waals surface area contributed by atoms with Crippen LogP contribution in [0.5, 0.6) is 0 Å². The number of hydrogen-bond donors (Lipinski definition) is 3. The zero-order chi connectivity index (χ0) is 21.7.